The molecule has 0 bridgehead atoms. The maximum Gasteiger partial charge on any atom is 0.230 e. The monoisotopic (exact) mass is 325 g/mol. The summed E-state index contributed by atoms with van der Waals surface area (Å²) in [5.41, 5.74) is 1.91. The van der Waals surface area contributed by atoms with Gasteiger partial charge in [-0.3, -0.25) is 4.79 Å². The Labute approximate surface area is 142 Å². The molecule has 1 atom stereocenters. The molecule has 0 spiro atoms. The molecule has 2 aromatic rings. The van der Waals surface area contributed by atoms with Crippen LogP contribution in [0.15, 0.2) is 48.5 Å². The second-order valence-corrected chi connectivity index (χ2v) is 6.15. The van der Waals surface area contributed by atoms with Gasteiger partial charge in [0, 0.05) is 12.1 Å². The molecule has 1 amide bonds. The van der Waals surface area contributed by atoms with Crippen molar-refractivity contribution in [3.63, 3.8) is 0 Å². The molecular weight excluding hydrogens is 302 g/mol. The van der Waals surface area contributed by atoms with Crippen molar-refractivity contribution in [1.82, 2.24) is 4.90 Å². The van der Waals surface area contributed by atoms with Gasteiger partial charge in [-0.15, -0.1) is 0 Å². The summed E-state index contributed by atoms with van der Waals surface area (Å²) in [5.74, 6) is 0.938. The Hall–Kier alpha value is -2.49. The highest BCUT2D eigenvalue weighted by Gasteiger charge is 2.27. The average molecular weight is 325 g/mol. The van der Waals surface area contributed by atoms with Crippen LogP contribution in [0.25, 0.3) is 0 Å². The molecule has 4 nitrogen and oxygen atoms in total. The minimum absolute atomic E-state index is 0.128. The van der Waals surface area contributed by atoms with Crippen LogP contribution >= 0.6 is 0 Å². The third kappa shape index (κ3) is 3.53. The third-order valence-corrected chi connectivity index (χ3v) is 4.41. The Bertz CT molecular complexity index is 699. The summed E-state index contributed by atoms with van der Waals surface area (Å²) in [5, 5.41) is 9.72. The highest BCUT2D eigenvalue weighted by molar-refractivity contribution is 5.84. The summed E-state index contributed by atoms with van der Waals surface area (Å²) in [6, 6.07) is 15.0. The van der Waals surface area contributed by atoms with Crippen LogP contribution in [-0.4, -0.2) is 29.1 Å². The predicted molar refractivity (Wildman–Crippen MR) is 93.1 cm³/mol. The Balaban J connectivity index is 1.85. The van der Waals surface area contributed by atoms with Crippen LogP contribution < -0.4 is 4.74 Å². The van der Waals surface area contributed by atoms with Gasteiger partial charge in [-0.2, -0.15) is 0 Å². The number of nitrogens with zero attached hydrogens (tertiary/aromatic N) is 1. The third-order valence-electron chi connectivity index (χ3n) is 4.41. The fourth-order valence-electron chi connectivity index (χ4n) is 3.20. The molecule has 0 aliphatic carbocycles. The molecule has 0 aromatic heterocycles. The van der Waals surface area contributed by atoms with E-state index in [0.29, 0.717) is 19.7 Å². The van der Waals surface area contributed by atoms with E-state index in [-0.39, 0.29) is 17.6 Å². The average Bonchev–Trinajstić information content (AvgIpc) is 2.81. The molecule has 0 radical (unpaired) electrons. The molecule has 0 saturated heterocycles. The molecule has 3 rings (SSSR count). The number of carbonyl (C=O) groups excluding carboxylic acids is 1. The van der Waals surface area contributed by atoms with Crippen LogP contribution in [-0.2, 0) is 11.3 Å². The summed E-state index contributed by atoms with van der Waals surface area (Å²) in [6.45, 7) is 3.59. The van der Waals surface area contributed by atoms with Crippen molar-refractivity contribution in [3.05, 3.63) is 59.7 Å². The number of ether oxygens (including phenoxy) is 1. The van der Waals surface area contributed by atoms with Gasteiger partial charge in [-0.1, -0.05) is 43.7 Å². The van der Waals surface area contributed by atoms with E-state index in [1.54, 1.807) is 18.2 Å². The van der Waals surface area contributed by atoms with Crippen molar-refractivity contribution >= 4 is 5.91 Å². The van der Waals surface area contributed by atoms with Crippen molar-refractivity contribution in [1.29, 1.82) is 0 Å². The van der Waals surface area contributed by atoms with E-state index >= 15 is 0 Å². The second-order valence-electron chi connectivity index (χ2n) is 6.15. The Morgan fingerprint density at radius 3 is 2.79 bits per heavy atom. The predicted octanol–water partition coefficient (Wildman–Crippen LogP) is 3.70. The number of fused-ring (bicyclic) bond motifs is 1. The highest BCUT2D eigenvalue weighted by atomic mass is 16.5. The Kier molecular flexibility index (Phi) is 5.04. The standard InChI is InChI=1S/C20H23NO3/c1-2-6-18(15-7-4-3-5-8-15)20(23)21-11-12-24-19-10-9-17(22)13-16(19)14-21/h3-5,7-10,13,18,22H,2,6,11-12,14H2,1H3. The van der Waals surface area contributed by atoms with Crippen LogP contribution in [0.1, 0.15) is 36.8 Å². The maximum absolute atomic E-state index is 13.1. The van der Waals surface area contributed by atoms with E-state index in [9.17, 15) is 9.90 Å². The zero-order valence-electron chi connectivity index (χ0n) is 13.9. The lowest BCUT2D eigenvalue weighted by Gasteiger charge is -2.26. The molecule has 1 heterocycles. The van der Waals surface area contributed by atoms with E-state index < -0.39 is 0 Å². The van der Waals surface area contributed by atoms with Gasteiger partial charge in [-0.25, -0.2) is 0 Å². The van der Waals surface area contributed by atoms with Gasteiger partial charge in [0.15, 0.2) is 0 Å². The molecule has 126 valence electrons. The first kappa shape index (κ1) is 16.4. The molecule has 0 saturated carbocycles. The number of carbonyl (C=O) groups is 1. The molecule has 1 aliphatic heterocycles. The van der Waals surface area contributed by atoms with Crippen LogP contribution in [0.5, 0.6) is 11.5 Å². The van der Waals surface area contributed by atoms with Gasteiger partial charge >= 0.3 is 0 Å². The lowest BCUT2D eigenvalue weighted by molar-refractivity contribution is -0.133. The number of rotatable bonds is 4. The second kappa shape index (κ2) is 7.39. The topological polar surface area (TPSA) is 49.8 Å². The van der Waals surface area contributed by atoms with E-state index in [2.05, 4.69) is 6.92 Å². The largest absolute Gasteiger partial charge is 0.508 e. The van der Waals surface area contributed by atoms with Crippen molar-refractivity contribution in [3.8, 4) is 11.5 Å². The summed E-state index contributed by atoms with van der Waals surface area (Å²) in [4.78, 5) is 15.0. The van der Waals surface area contributed by atoms with Crippen molar-refractivity contribution in [2.75, 3.05) is 13.2 Å². The quantitative estimate of drug-likeness (QED) is 0.932. The number of phenolic OH excluding ortho intramolecular Hbond substituents is 1. The number of benzene rings is 2. The number of hydrogen-bond donors (Lipinski definition) is 1. The first-order chi connectivity index (χ1) is 11.7. The van der Waals surface area contributed by atoms with E-state index in [1.807, 2.05) is 35.2 Å². The highest BCUT2D eigenvalue weighted by Crippen LogP contribution is 2.30. The number of aromatic hydroxyl groups is 1. The molecule has 1 aliphatic rings. The molecule has 24 heavy (non-hydrogen) atoms. The summed E-state index contributed by atoms with van der Waals surface area (Å²) < 4.78 is 5.72. The minimum Gasteiger partial charge on any atom is -0.508 e. The molecular formula is C20H23NO3. The van der Waals surface area contributed by atoms with Crippen molar-refractivity contribution in [2.24, 2.45) is 0 Å². The molecule has 2 aromatic carbocycles. The Morgan fingerprint density at radius 2 is 2.04 bits per heavy atom. The van der Waals surface area contributed by atoms with Gasteiger partial charge in [-0.05, 0) is 30.2 Å². The maximum atomic E-state index is 13.1. The summed E-state index contributed by atoms with van der Waals surface area (Å²) in [6.07, 6.45) is 1.78. The summed E-state index contributed by atoms with van der Waals surface area (Å²) in [7, 11) is 0. The number of hydrogen-bond acceptors (Lipinski definition) is 3. The van der Waals surface area contributed by atoms with Gasteiger partial charge in [0.05, 0.1) is 12.5 Å². The Morgan fingerprint density at radius 1 is 1.25 bits per heavy atom. The van der Waals surface area contributed by atoms with E-state index in [1.165, 1.54) is 0 Å². The number of amides is 1. The van der Waals surface area contributed by atoms with Crippen molar-refractivity contribution in [2.45, 2.75) is 32.2 Å². The van der Waals surface area contributed by atoms with Gasteiger partial charge in [0.2, 0.25) is 5.91 Å². The van der Waals surface area contributed by atoms with Gasteiger partial charge < -0.3 is 14.7 Å². The van der Waals surface area contributed by atoms with Gasteiger partial charge in [0.1, 0.15) is 18.1 Å². The minimum atomic E-state index is -0.130. The molecule has 1 unspecified atom stereocenters. The zero-order valence-corrected chi connectivity index (χ0v) is 13.9. The lowest BCUT2D eigenvalue weighted by Crippen LogP contribution is -2.36. The fourth-order valence-corrected chi connectivity index (χ4v) is 3.20. The number of phenols is 1. The molecule has 0 fully saturated rings. The normalized spacial score (nSPS) is 15.1. The molecule has 4 heteroatoms. The van der Waals surface area contributed by atoms with Crippen LogP contribution in [0, 0.1) is 0 Å². The van der Waals surface area contributed by atoms with Crippen LogP contribution in [0.4, 0.5) is 0 Å². The first-order valence-electron chi connectivity index (χ1n) is 8.47. The van der Waals surface area contributed by atoms with E-state index in [4.69, 9.17) is 4.74 Å². The smallest absolute Gasteiger partial charge is 0.230 e. The first-order valence-corrected chi connectivity index (χ1v) is 8.47. The fraction of sp³-hybridized carbons (Fsp3) is 0.350. The van der Waals surface area contributed by atoms with Crippen molar-refractivity contribution < 1.29 is 14.6 Å². The zero-order chi connectivity index (χ0) is 16.9. The summed E-state index contributed by atoms with van der Waals surface area (Å²) >= 11 is 0. The van der Waals surface area contributed by atoms with Crippen LogP contribution in [0.3, 0.4) is 0 Å². The SMILES string of the molecule is CCCC(C(=O)N1CCOc2ccc(O)cc2C1)c1ccccc1. The van der Waals surface area contributed by atoms with Gasteiger partial charge in [0.25, 0.3) is 0 Å². The van der Waals surface area contributed by atoms with E-state index in [0.717, 1.165) is 29.7 Å². The van der Waals surface area contributed by atoms with Crippen LogP contribution in [0.2, 0.25) is 0 Å². The molecule has 1 N–H and O–H groups in total. The lowest BCUT2D eigenvalue weighted by atomic mass is 9.93.